The van der Waals surface area contributed by atoms with Crippen molar-refractivity contribution in [3.63, 3.8) is 0 Å². The summed E-state index contributed by atoms with van der Waals surface area (Å²) in [6.07, 6.45) is 0. The van der Waals surface area contributed by atoms with Crippen molar-refractivity contribution in [1.29, 1.82) is 0 Å². The van der Waals surface area contributed by atoms with Crippen molar-refractivity contribution in [3.05, 3.63) is 212 Å². The van der Waals surface area contributed by atoms with Crippen molar-refractivity contribution >= 4 is 65.4 Å². The minimum Gasteiger partial charge on any atom is -0.309 e. The fourth-order valence-electron chi connectivity index (χ4n) is 8.77. The lowest BCUT2D eigenvalue weighted by Gasteiger charge is -2.17. The monoisotopic (exact) mass is 737 g/mol. The molecule has 3 nitrogen and oxygen atoms in total. The third-order valence-corrected chi connectivity index (χ3v) is 11.0. The Morgan fingerprint density at radius 3 is 1.77 bits per heavy atom. The van der Waals surface area contributed by atoms with E-state index in [1.165, 1.54) is 4.57 Å². The predicted octanol–water partition coefficient (Wildman–Crippen LogP) is 14.3. The fraction of sp³-hybridized carbons (Fsp3) is 0. The Morgan fingerprint density at radius 2 is 0.947 bits per heavy atom. The molecule has 57 heavy (non-hydrogen) atoms. The largest absolute Gasteiger partial charge is 0.309 e. The minimum atomic E-state index is -0.682. The van der Waals surface area contributed by atoms with E-state index in [1.54, 1.807) is 12.1 Å². The van der Waals surface area contributed by atoms with Crippen LogP contribution < -0.4 is 0 Å². The van der Waals surface area contributed by atoms with Crippen molar-refractivity contribution in [2.75, 3.05) is 0 Å². The molecule has 266 valence electrons. The number of hydrogen-bond donors (Lipinski definition) is 0. The maximum Gasteiger partial charge on any atom is 0.0645 e. The van der Waals surface area contributed by atoms with Crippen LogP contribution in [0.5, 0.6) is 0 Å². The standard InChI is InChI=1S/C54H35N3/c1-3-18-36(19-4-1)38-22-7-12-29-46(38)57-49-32-15-10-25-41(49)44-34-35-51-52(54(44)57)45-26-11-16-33-50(45)56(51)48-31-14-9-24-40(48)43-28-17-27-42-39-23-8-13-30-47(39)55(53(42)43)37-20-5-2-6-21-37/h1-35H/i2D,5D,6D,8D,13D,17D,20D,21D,23D,27D,28D,30D. The lowest BCUT2D eigenvalue weighted by molar-refractivity contribution is 1.17. The van der Waals surface area contributed by atoms with Gasteiger partial charge in [-0.1, -0.05) is 164 Å². The molecule has 12 rings (SSSR count). The number of fused-ring (bicyclic) bond motifs is 10. The summed E-state index contributed by atoms with van der Waals surface area (Å²) in [4.78, 5) is 0. The van der Waals surface area contributed by atoms with Crippen molar-refractivity contribution in [2.45, 2.75) is 0 Å². The lowest BCUT2D eigenvalue weighted by Crippen LogP contribution is -2.00. The lowest BCUT2D eigenvalue weighted by atomic mass is 10.00. The molecule has 0 amide bonds. The molecule has 0 aliphatic heterocycles. The van der Waals surface area contributed by atoms with Gasteiger partial charge in [-0.25, -0.2) is 0 Å². The Bertz CT molecular complexity index is 4200. The van der Waals surface area contributed by atoms with E-state index >= 15 is 0 Å². The van der Waals surface area contributed by atoms with Gasteiger partial charge in [0, 0.05) is 54.7 Å². The summed E-state index contributed by atoms with van der Waals surface area (Å²) < 4.78 is 114. The Hall–Kier alpha value is -7.62. The van der Waals surface area contributed by atoms with E-state index in [9.17, 15) is 6.85 Å². The second-order valence-electron chi connectivity index (χ2n) is 14.0. The van der Waals surface area contributed by atoms with Gasteiger partial charge in [0.05, 0.1) is 60.9 Å². The first-order chi connectivity index (χ1) is 33.3. The van der Waals surface area contributed by atoms with E-state index in [0.29, 0.717) is 11.3 Å². The summed E-state index contributed by atoms with van der Waals surface area (Å²) in [5.74, 6) is 0. The number of para-hydroxylation sites is 7. The molecule has 0 atom stereocenters. The van der Waals surface area contributed by atoms with Gasteiger partial charge in [-0.15, -0.1) is 0 Å². The quantitative estimate of drug-likeness (QED) is 0.167. The van der Waals surface area contributed by atoms with Crippen molar-refractivity contribution < 1.29 is 16.4 Å². The molecule has 0 radical (unpaired) electrons. The maximum absolute atomic E-state index is 9.74. The molecule has 0 saturated carbocycles. The second-order valence-corrected chi connectivity index (χ2v) is 14.0. The Labute approximate surface area is 346 Å². The van der Waals surface area contributed by atoms with Crippen LogP contribution in [-0.4, -0.2) is 13.7 Å². The van der Waals surface area contributed by atoms with E-state index in [1.807, 2.05) is 72.8 Å². The number of rotatable bonds is 5. The van der Waals surface area contributed by atoms with E-state index in [2.05, 4.69) is 63.7 Å². The van der Waals surface area contributed by atoms with Gasteiger partial charge in [-0.05, 0) is 54.0 Å². The van der Waals surface area contributed by atoms with Gasteiger partial charge in [-0.3, -0.25) is 0 Å². The summed E-state index contributed by atoms with van der Waals surface area (Å²) in [5.41, 5.74) is 6.83. The minimum absolute atomic E-state index is 0.0272. The van der Waals surface area contributed by atoms with E-state index in [-0.39, 0.29) is 27.4 Å². The van der Waals surface area contributed by atoms with Crippen LogP contribution in [0.15, 0.2) is 212 Å². The SMILES string of the molecule is [2H]c1c([2H])c([2H])c(-n2c3c([2H])c([2H])c([2H])c([2H])c3c3c([2H])c([2H])c([2H])c(-c4ccccc4-n4c5ccccc5c5c4ccc4c6ccccc6n(-c6ccccc6-c6ccccc6)c45)c32)c([2H])c1[2H]. The third kappa shape index (κ3) is 4.60. The summed E-state index contributed by atoms with van der Waals surface area (Å²) in [7, 11) is 0. The number of benzene rings is 9. The number of aromatic nitrogens is 3. The normalized spacial score (nSPS) is 14.8. The molecule has 9 aromatic carbocycles. The molecule has 3 heteroatoms. The highest BCUT2D eigenvalue weighted by Crippen LogP contribution is 2.46. The third-order valence-electron chi connectivity index (χ3n) is 11.0. The number of hydrogen-bond acceptors (Lipinski definition) is 0. The summed E-state index contributed by atoms with van der Waals surface area (Å²) in [5, 5.41) is 3.64. The smallest absolute Gasteiger partial charge is 0.0645 e. The first-order valence-electron chi connectivity index (χ1n) is 24.6. The van der Waals surface area contributed by atoms with Gasteiger partial charge in [0.2, 0.25) is 0 Å². The van der Waals surface area contributed by atoms with Crippen LogP contribution in [0.1, 0.15) is 16.4 Å². The van der Waals surface area contributed by atoms with Gasteiger partial charge >= 0.3 is 0 Å². The van der Waals surface area contributed by atoms with Crippen LogP contribution in [0.4, 0.5) is 0 Å². The van der Waals surface area contributed by atoms with Crippen LogP contribution in [0, 0.1) is 0 Å². The summed E-state index contributed by atoms with van der Waals surface area (Å²) >= 11 is 0. The Kier molecular flexibility index (Phi) is 4.82. The highest BCUT2D eigenvalue weighted by Gasteiger charge is 2.24. The van der Waals surface area contributed by atoms with Gasteiger partial charge < -0.3 is 13.7 Å². The molecule has 0 unspecified atom stereocenters. The molecule has 0 saturated heterocycles. The van der Waals surface area contributed by atoms with Crippen molar-refractivity contribution in [1.82, 2.24) is 13.7 Å². The van der Waals surface area contributed by atoms with Gasteiger partial charge in [-0.2, -0.15) is 0 Å². The molecule has 3 aromatic heterocycles. The van der Waals surface area contributed by atoms with E-state index in [4.69, 9.17) is 9.60 Å². The van der Waals surface area contributed by atoms with Crippen molar-refractivity contribution in [2.24, 2.45) is 0 Å². The number of nitrogens with zero attached hydrogens (tertiary/aromatic N) is 3. The molecule has 0 spiro atoms. The maximum atomic E-state index is 9.74. The molecule has 0 bridgehead atoms. The second kappa shape index (κ2) is 12.5. The molecule has 3 heterocycles. The zero-order chi connectivity index (χ0) is 47.9. The van der Waals surface area contributed by atoms with Crippen LogP contribution in [0.2, 0.25) is 0 Å². The Morgan fingerprint density at radius 1 is 0.316 bits per heavy atom. The average Bonchev–Trinajstić information content (AvgIpc) is 4.02. The van der Waals surface area contributed by atoms with E-state index in [0.717, 1.165) is 60.4 Å². The first kappa shape index (κ1) is 22.1. The molecule has 0 aliphatic carbocycles. The van der Waals surface area contributed by atoms with Gasteiger partial charge in [0.25, 0.3) is 0 Å². The average molecular weight is 738 g/mol. The molecule has 0 aliphatic rings. The van der Waals surface area contributed by atoms with Crippen molar-refractivity contribution in [3.8, 4) is 39.3 Å². The highest BCUT2D eigenvalue weighted by atomic mass is 15.0. The Balaban J connectivity index is 1.26. The predicted molar refractivity (Wildman–Crippen MR) is 240 cm³/mol. The molecule has 0 N–H and O–H groups in total. The molecular formula is C54H35N3. The van der Waals surface area contributed by atoms with Crippen LogP contribution in [-0.2, 0) is 0 Å². The summed E-state index contributed by atoms with van der Waals surface area (Å²) in [6, 6.07) is 39.2. The zero-order valence-electron chi connectivity index (χ0n) is 42.1. The van der Waals surface area contributed by atoms with Gasteiger partial charge in [0.15, 0.2) is 0 Å². The van der Waals surface area contributed by atoms with Crippen LogP contribution >= 0.6 is 0 Å². The topological polar surface area (TPSA) is 14.8 Å². The zero-order valence-corrected chi connectivity index (χ0v) is 30.1. The molecule has 12 aromatic rings. The molecule has 0 fully saturated rings. The highest BCUT2D eigenvalue weighted by molar-refractivity contribution is 6.26. The van der Waals surface area contributed by atoms with Gasteiger partial charge in [0.1, 0.15) is 0 Å². The van der Waals surface area contributed by atoms with E-state index < -0.39 is 78.2 Å². The van der Waals surface area contributed by atoms with Crippen LogP contribution in [0.25, 0.3) is 105 Å². The molecular weight excluding hydrogens is 691 g/mol. The summed E-state index contributed by atoms with van der Waals surface area (Å²) in [6.45, 7) is 0. The fourth-order valence-corrected chi connectivity index (χ4v) is 8.77. The van der Waals surface area contributed by atoms with Crippen LogP contribution in [0.3, 0.4) is 0 Å². The first-order valence-corrected chi connectivity index (χ1v) is 18.6.